The van der Waals surface area contributed by atoms with Gasteiger partial charge >= 0.3 is 0 Å². The van der Waals surface area contributed by atoms with E-state index >= 15 is 0 Å². The standard InChI is InChI=1S/C19H20Cl2N2O3S/c1-12(2)26-19-16(21)8-13(9-17(19)25-3)10-22-23-18(24)11-27-15-6-4-14(20)5-7-15/h4-10,12H,11H2,1-3H3,(H,23,24)/b22-10-. The maximum atomic E-state index is 11.9. The number of halogens is 2. The van der Waals surface area contributed by atoms with Crippen LogP contribution in [0.25, 0.3) is 0 Å². The van der Waals surface area contributed by atoms with Gasteiger partial charge in [-0.05, 0) is 55.8 Å². The molecule has 8 heteroatoms. The molecule has 2 aromatic rings. The fourth-order valence-electron chi connectivity index (χ4n) is 2.06. The molecule has 2 aromatic carbocycles. The van der Waals surface area contributed by atoms with Gasteiger partial charge in [-0.15, -0.1) is 11.8 Å². The predicted octanol–water partition coefficient (Wildman–Crippen LogP) is 5.03. The summed E-state index contributed by atoms with van der Waals surface area (Å²) in [5.74, 6) is 1.01. The van der Waals surface area contributed by atoms with Crippen LogP contribution in [0.2, 0.25) is 10.0 Å². The van der Waals surface area contributed by atoms with Crippen molar-refractivity contribution in [1.82, 2.24) is 5.43 Å². The summed E-state index contributed by atoms with van der Waals surface area (Å²) in [6.07, 6.45) is 1.46. The van der Waals surface area contributed by atoms with E-state index in [0.29, 0.717) is 27.1 Å². The smallest absolute Gasteiger partial charge is 0.250 e. The van der Waals surface area contributed by atoms with Crippen LogP contribution in [0.5, 0.6) is 11.5 Å². The first-order valence-corrected chi connectivity index (χ1v) is 9.87. The molecule has 27 heavy (non-hydrogen) atoms. The number of nitrogens with one attached hydrogen (secondary N) is 1. The quantitative estimate of drug-likeness (QED) is 0.365. The summed E-state index contributed by atoms with van der Waals surface area (Å²) < 4.78 is 11.0. The van der Waals surface area contributed by atoms with Crippen molar-refractivity contribution in [1.29, 1.82) is 0 Å². The number of hydrogen-bond acceptors (Lipinski definition) is 5. The second-order valence-corrected chi connectivity index (χ2v) is 7.63. The van der Waals surface area contributed by atoms with Crippen LogP contribution in [-0.4, -0.2) is 31.1 Å². The first-order valence-electron chi connectivity index (χ1n) is 8.13. The molecule has 0 unspecified atom stereocenters. The lowest BCUT2D eigenvalue weighted by atomic mass is 10.2. The SMILES string of the molecule is COc1cc(/C=N\NC(=O)CSc2ccc(Cl)cc2)cc(Cl)c1OC(C)C. The van der Waals surface area contributed by atoms with E-state index in [1.165, 1.54) is 25.1 Å². The zero-order valence-electron chi connectivity index (χ0n) is 15.2. The highest BCUT2D eigenvalue weighted by Crippen LogP contribution is 2.36. The molecule has 1 amide bonds. The van der Waals surface area contributed by atoms with E-state index in [1.54, 1.807) is 24.3 Å². The maximum absolute atomic E-state index is 11.9. The zero-order valence-corrected chi connectivity index (χ0v) is 17.5. The van der Waals surface area contributed by atoms with E-state index in [4.69, 9.17) is 32.7 Å². The highest BCUT2D eigenvalue weighted by atomic mass is 35.5. The number of carbonyl (C=O) groups excluding carboxylic acids is 1. The van der Waals surface area contributed by atoms with Crippen LogP contribution in [-0.2, 0) is 4.79 Å². The first kappa shape index (κ1) is 21.4. The van der Waals surface area contributed by atoms with Gasteiger partial charge in [0.05, 0.1) is 30.2 Å². The van der Waals surface area contributed by atoms with E-state index in [9.17, 15) is 4.79 Å². The fraction of sp³-hybridized carbons (Fsp3) is 0.263. The minimum Gasteiger partial charge on any atom is -0.493 e. The number of hydrazone groups is 1. The highest BCUT2D eigenvalue weighted by Gasteiger charge is 2.13. The van der Waals surface area contributed by atoms with Crippen molar-refractivity contribution in [3.8, 4) is 11.5 Å². The number of benzene rings is 2. The number of nitrogens with zero attached hydrogens (tertiary/aromatic N) is 1. The van der Waals surface area contributed by atoms with Crippen molar-refractivity contribution in [3.05, 3.63) is 52.0 Å². The molecule has 0 aliphatic rings. The third-order valence-electron chi connectivity index (χ3n) is 3.19. The Balaban J connectivity index is 1.93. The number of amides is 1. The fourth-order valence-corrected chi connectivity index (χ4v) is 3.14. The normalized spacial score (nSPS) is 11.0. The van der Waals surface area contributed by atoms with Crippen molar-refractivity contribution in [3.63, 3.8) is 0 Å². The molecule has 0 aliphatic carbocycles. The van der Waals surface area contributed by atoms with Crippen molar-refractivity contribution < 1.29 is 14.3 Å². The van der Waals surface area contributed by atoms with Gasteiger partial charge in [0.1, 0.15) is 0 Å². The molecule has 5 nitrogen and oxygen atoms in total. The Bertz CT molecular complexity index is 811. The van der Waals surface area contributed by atoms with Gasteiger partial charge in [0, 0.05) is 9.92 Å². The Morgan fingerprint density at radius 3 is 2.59 bits per heavy atom. The molecule has 0 aliphatic heterocycles. The molecule has 0 saturated heterocycles. The molecule has 0 heterocycles. The lowest BCUT2D eigenvalue weighted by Crippen LogP contribution is -2.19. The average Bonchev–Trinajstić information content (AvgIpc) is 2.63. The van der Waals surface area contributed by atoms with Crippen LogP contribution in [0.3, 0.4) is 0 Å². The third kappa shape index (κ3) is 6.97. The third-order valence-corrected chi connectivity index (χ3v) is 4.74. The summed E-state index contributed by atoms with van der Waals surface area (Å²) >= 11 is 13.5. The molecule has 0 aromatic heterocycles. The first-order chi connectivity index (χ1) is 12.9. The molecule has 0 saturated carbocycles. The van der Waals surface area contributed by atoms with Gasteiger partial charge in [-0.3, -0.25) is 4.79 Å². The Kier molecular flexibility index (Phi) is 8.28. The van der Waals surface area contributed by atoms with Gasteiger partial charge in [0.25, 0.3) is 0 Å². The molecule has 0 radical (unpaired) electrons. The maximum Gasteiger partial charge on any atom is 0.250 e. The van der Waals surface area contributed by atoms with Gasteiger partial charge in [0.15, 0.2) is 11.5 Å². The van der Waals surface area contributed by atoms with Crippen LogP contribution in [0.1, 0.15) is 19.4 Å². The highest BCUT2D eigenvalue weighted by molar-refractivity contribution is 8.00. The van der Waals surface area contributed by atoms with Crippen molar-refractivity contribution in [2.45, 2.75) is 24.8 Å². The Hall–Kier alpha value is -1.89. The number of thioether (sulfide) groups is 1. The number of hydrogen-bond donors (Lipinski definition) is 1. The monoisotopic (exact) mass is 426 g/mol. The molecule has 144 valence electrons. The van der Waals surface area contributed by atoms with Gasteiger partial charge in [-0.1, -0.05) is 23.2 Å². The summed E-state index contributed by atoms with van der Waals surface area (Å²) in [4.78, 5) is 12.9. The van der Waals surface area contributed by atoms with Crippen molar-refractivity contribution in [2.75, 3.05) is 12.9 Å². The molecular formula is C19H20Cl2N2O3S. The Morgan fingerprint density at radius 1 is 1.26 bits per heavy atom. The van der Waals surface area contributed by atoms with Crippen LogP contribution in [0, 0.1) is 0 Å². The molecule has 0 fully saturated rings. The van der Waals surface area contributed by atoms with Crippen LogP contribution < -0.4 is 14.9 Å². The van der Waals surface area contributed by atoms with E-state index in [-0.39, 0.29) is 17.8 Å². The van der Waals surface area contributed by atoms with Gasteiger partial charge in [0.2, 0.25) is 5.91 Å². The largest absolute Gasteiger partial charge is 0.493 e. The minimum absolute atomic E-state index is 0.0339. The molecule has 2 rings (SSSR count). The summed E-state index contributed by atoms with van der Waals surface area (Å²) in [6.45, 7) is 3.81. The summed E-state index contributed by atoms with van der Waals surface area (Å²) in [5.41, 5.74) is 3.16. The minimum atomic E-state index is -0.218. The van der Waals surface area contributed by atoms with Gasteiger partial charge < -0.3 is 9.47 Å². The lowest BCUT2D eigenvalue weighted by Gasteiger charge is -2.15. The van der Waals surface area contributed by atoms with Crippen molar-refractivity contribution in [2.24, 2.45) is 5.10 Å². The molecule has 0 spiro atoms. The Morgan fingerprint density at radius 2 is 1.96 bits per heavy atom. The van der Waals surface area contributed by atoms with Crippen molar-refractivity contribution >= 4 is 47.1 Å². The molecule has 0 bridgehead atoms. The van der Waals surface area contributed by atoms with Crippen LogP contribution >= 0.6 is 35.0 Å². The second-order valence-electron chi connectivity index (χ2n) is 5.74. The topological polar surface area (TPSA) is 59.9 Å². The summed E-state index contributed by atoms with van der Waals surface area (Å²) in [6, 6.07) is 10.7. The predicted molar refractivity (Wildman–Crippen MR) is 112 cm³/mol. The molecule has 1 N–H and O–H groups in total. The zero-order chi connectivity index (χ0) is 19.8. The van der Waals surface area contributed by atoms with Crippen LogP contribution in [0.4, 0.5) is 0 Å². The van der Waals surface area contributed by atoms with E-state index in [0.717, 1.165) is 4.90 Å². The van der Waals surface area contributed by atoms with E-state index in [1.807, 2.05) is 26.0 Å². The Labute approximate surface area is 173 Å². The van der Waals surface area contributed by atoms with E-state index in [2.05, 4.69) is 10.5 Å². The second kappa shape index (κ2) is 10.4. The number of carbonyl (C=O) groups is 1. The number of methoxy groups -OCH3 is 1. The molecule has 0 atom stereocenters. The van der Waals surface area contributed by atoms with E-state index < -0.39 is 0 Å². The summed E-state index contributed by atoms with van der Waals surface area (Å²) in [5, 5.41) is 5.03. The number of ether oxygens (including phenoxy) is 2. The summed E-state index contributed by atoms with van der Waals surface area (Å²) in [7, 11) is 1.54. The average molecular weight is 427 g/mol. The van der Waals surface area contributed by atoms with Gasteiger partial charge in [-0.2, -0.15) is 5.10 Å². The molecular weight excluding hydrogens is 407 g/mol. The lowest BCUT2D eigenvalue weighted by molar-refractivity contribution is -0.118. The van der Waals surface area contributed by atoms with Gasteiger partial charge in [-0.25, -0.2) is 5.43 Å². The van der Waals surface area contributed by atoms with Crippen LogP contribution in [0.15, 0.2) is 46.4 Å². The number of rotatable bonds is 8.